The van der Waals surface area contributed by atoms with Gasteiger partial charge in [0.15, 0.2) is 0 Å². The molecule has 1 N–H and O–H groups in total. The van der Waals surface area contributed by atoms with Crippen LogP contribution < -0.4 is 5.32 Å². The molecule has 152 valence electrons. The largest absolute Gasteiger partial charge is 0.324 e. The highest BCUT2D eigenvalue weighted by Crippen LogP contribution is 2.33. The summed E-state index contributed by atoms with van der Waals surface area (Å²) in [7, 11) is 0. The van der Waals surface area contributed by atoms with Crippen molar-refractivity contribution in [2.45, 2.75) is 46.1 Å². The van der Waals surface area contributed by atoms with Gasteiger partial charge in [0.05, 0.1) is 21.2 Å². The maximum Gasteiger partial charge on any atom is 0.262 e. The van der Waals surface area contributed by atoms with Crippen molar-refractivity contribution in [1.82, 2.24) is 4.90 Å². The van der Waals surface area contributed by atoms with Crippen LogP contribution in [-0.2, 0) is 4.79 Å². The number of rotatable bonds is 6. The van der Waals surface area contributed by atoms with E-state index >= 15 is 0 Å². The fourth-order valence-corrected chi connectivity index (χ4v) is 3.81. The molecule has 0 aromatic heterocycles. The molecular formula is C22H22Cl2N2O3. The Labute approximate surface area is 180 Å². The highest BCUT2D eigenvalue weighted by Gasteiger charge is 2.43. The number of hydrogen-bond donors (Lipinski definition) is 1. The lowest BCUT2D eigenvalue weighted by atomic mass is 10.1. The number of unbranched alkanes of at least 4 members (excludes halogenated alkanes) is 1. The summed E-state index contributed by atoms with van der Waals surface area (Å²) in [5.74, 6) is -1.45. The SMILES string of the molecule is CCCC[C@H](C(=O)Nc1ccc(C)cc1C)N1C(=O)c2cc(Cl)c(Cl)cc2C1=O. The fraction of sp³-hybridized carbons (Fsp3) is 0.318. The molecule has 3 rings (SSSR count). The lowest BCUT2D eigenvalue weighted by Gasteiger charge is -2.25. The summed E-state index contributed by atoms with van der Waals surface area (Å²) in [6.07, 6.45) is 1.90. The summed E-state index contributed by atoms with van der Waals surface area (Å²) in [4.78, 5) is 40.1. The fourth-order valence-electron chi connectivity index (χ4n) is 3.48. The summed E-state index contributed by atoms with van der Waals surface area (Å²) in [5, 5.41) is 3.26. The molecule has 0 spiro atoms. The second-order valence-corrected chi connectivity index (χ2v) is 8.07. The van der Waals surface area contributed by atoms with E-state index < -0.39 is 23.8 Å². The van der Waals surface area contributed by atoms with Crippen LogP contribution in [0.1, 0.15) is 58.0 Å². The molecule has 7 heteroatoms. The lowest BCUT2D eigenvalue weighted by molar-refractivity contribution is -0.120. The van der Waals surface area contributed by atoms with Crippen LogP contribution in [0, 0.1) is 13.8 Å². The zero-order valence-electron chi connectivity index (χ0n) is 16.5. The quantitative estimate of drug-likeness (QED) is 0.620. The van der Waals surface area contributed by atoms with Crippen LogP contribution >= 0.6 is 23.2 Å². The van der Waals surface area contributed by atoms with E-state index in [1.807, 2.05) is 39.0 Å². The Bertz CT molecular complexity index is 963. The molecule has 0 bridgehead atoms. The van der Waals surface area contributed by atoms with E-state index in [1.165, 1.54) is 12.1 Å². The third kappa shape index (κ3) is 4.16. The number of fused-ring (bicyclic) bond motifs is 1. The Hall–Kier alpha value is -2.37. The molecule has 3 amide bonds. The molecule has 2 aromatic carbocycles. The monoisotopic (exact) mass is 432 g/mol. The van der Waals surface area contributed by atoms with E-state index in [1.54, 1.807) is 0 Å². The predicted molar refractivity (Wildman–Crippen MR) is 115 cm³/mol. The number of nitrogens with one attached hydrogen (secondary N) is 1. The molecule has 0 fully saturated rings. The summed E-state index contributed by atoms with van der Waals surface area (Å²) in [6, 6.07) is 7.54. The van der Waals surface area contributed by atoms with Crippen LogP contribution in [0.2, 0.25) is 10.0 Å². The predicted octanol–water partition coefficient (Wildman–Crippen LogP) is 5.40. The minimum absolute atomic E-state index is 0.171. The zero-order chi connectivity index (χ0) is 21.3. The zero-order valence-corrected chi connectivity index (χ0v) is 18.0. The van der Waals surface area contributed by atoms with Crippen molar-refractivity contribution in [2.75, 3.05) is 5.32 Å². The van der Waals surface area contributed by atoms with Crippen LogP contribution in [0.25, 0.3) is 0 Å². The van der Waals surface area contributed by atoms with Gasteiger partial charge in [-0.25, -0.2) is 0 Å². The molecule has 1 heterocycles. The van der Waals surface area contributed by atoms with Crippen molar-refractivity contribution in [2.24, 2.45) is 0 Å². The van der Waals surface area contributed by atoms with Crippen molar-refractivity contribution in [1.29, 1.82) is 0 Å². The van der Waals surface area contributed by atoms with Gasteiger partial charge in [-0.15, -0.1) is 0 Å². The molecular weight excluding hydrogens is 411 g/mol. The highest BCUT2D eigenvalue weighted by molar-refractivity contribution is 6.43. The van der Waals surface area contributed by atoms with Gasteiger partial charge in [0.2, 0.25) is 5.91 Å². The van der Waals surface area contributed by atoms with Crippen molar-refractivity contribution >= 4 is 46.6 Å². The molecule has 2 aromatic rings. The maximum atomic E-state index is 13.1. The Balaban J connectivity index is 1.93. The number of halogens is 2. The minimum atomic E-state index is -0.916. The van der Waals surface area contributed by atoms with E-state index in [0.717, 1.165) is 22.4 Å². The van der Waals surface area contributed by atoms with E-state index in [0.29, 0.717) is 18.5 Å². The number of imide groups is 1. The first-order valence-corrected chi connectivity index (χ1v) is 10.2. The summed E-state index contributed by atoms with van der Waals surface area (Å²) in [6.45, 7) is 5.86. The molecule has 29 heavy (non-hydrogen) atoms. The smallest absolute Gasteiger partial charge is 0.262 e. The first-order chi connectivity index (χ1) is 13.7. The van der Waals surface area contributed by atoms with Gasteiger partial charge in [0.25, 0.3) is 11.8 Å². The van der Waals surface area contributed by atoms with Gasteiger partial charge in [-0.1, -0.05) is 60.7 Å². The van der Waals surface area contributed by atoms with Gasteiger partial charge in [-0.2, -0.15) is 0 Å². The third-order valence-corrected chi connectivity index (χ3v) is 5.77. The molecule has 0 aliphatic carbocycles. The number of carbonyl (C=O) groups excluding carboxylic acids is 3. The molecule has 1 aliphatic heterocycles. The van der Waals surface area contributed by atoms with Crippen molar-refractivity contribution < 1.29 is 14.4 Å². The first-order valence-electron chi connectivity index (χ1n) is 9.49. The summed E-state index contributed by atoms with van der Waals surface area (Å²) < 4.78 is 0. The lowest BCUT2D eigenvalue weighted by Crippen LogP contribution is -2.47. The minimum Gasteiger partial charge on any atom is -0.324 e. The van der Waals surface area contributed by atoms with Gasteiger partial charge >= 0.3 is 0 Å². The van der Waals surface area contributed by atoms with E-state index in [-0.39, 0.29) is 21.2 Å². The number of hydrogen-bond acceptors (Lipinski definition) is 3. The molecule has 0 radical (unpaired) electrons. The number of anilines is 1. The van der Waals surface area contributed by atoms with Gasteiger partial charge < -0.3 is 5.32 Å². The normalized spacial score (nSPS) is 14.2. The Morgan fingerprint density at radius 1 is 1.03 bits per heavy atom. The Kier molecular flexibility index (Phi) is 6.30. The number of aryl methyl sites for hydroxylation is 2. The molecule has 1 atom stereocenters. The van der Waals surface area contributed by atoms with E-state index in [9.17, 15) is 14.4 Å². The van der Waals surface area contributed by atoms with Gasteiger partial charge in [-0.3, -0.25) is 19.3 Å². The number of benzene rings is 2. The van der Waals surface area contributed by atoms with Crippen molar-refractivity contribution in [3.8, 4) is 0 Å². The summed E-state index contributed by atoms with van der Waals surface area (Å²) >= 11 is 12.0. The van der Waals surface area contributed by atoms with Crippen LogP contribution in [-0.4, -0.2) is 28.7 Å². The van der Waals surface area contributed by atoms with E-state index in [4.69, 9.17) is 23.2 Å². The van der Waals surface area contributed by atoms with Crippen LogP contribution in [0.3, 0.4) is 0 Å². The topological polar surface area (TPSA) is 66.5 Å². The van der Waals surface area contributed by atoms with E-state index in [2.05, 4.69) is 5.32 Å². The number of carbonyl (C=O) groups is 3. The molecule has 1 aliphatic rings. The van der Waals surface area contributed by atoms with Crippen LogP contribution in [0.15, 0.2) is 30.3 Å². The molecule has 0 saturated carbocycles. The average molecular weight is 433 g/mol. The standard InChI is InChI=1S/C22H22Cl2N2O3/c1-4-5-6-19(20(27)25-18-8-7-12(2)9-13(18)3)26-21(28)14-10-16(23)17(24)11-15(14)22(26)29/h7-11,19H,4-6H2,1-3H3,(H,25,27)/t19-/m1/s1. The second kappa shape index (κ2) is 8.56. The Morgan fingerprint density at radius 2 is 1.62 bits per heavy atom. The summed E-state index contributed by atoms with van der Waals surface area (Å²) in [5.41, 5.74) is 2.99. The van der Waals surface area contributed by atoms with Gasteiger partial charge in [0, 0.05) is 5.69 Å². The average Bonchev–Trinajstić information content (AvgIpc) is 2.89. The van der Waals surface area contributed by atoms with Crippen molar-refractivity contribution in [3.05, 3.63) is 62.6 Å². The number of amides is 3. The van der Waals surface area contributed by atoms with Crippen LogP contribution in [0.5, 0.6) is 0 Å². The molecule has 0 unspecified atom stereocenters. The Morgan fingerprint density at radius 3 is 2.14 bits per heavy atom. The second-order valence-electron chi connectivity index (χ2n) is 7.26. The van der Waals surface area contributed by atoms with Crippen LogP contribution in [0.4, 0.5) is 5.69 Å². The molecule has 5 nitrogen and oxygen atoms in total. The highest BCUT2D eigenvalue weighted by atomic mass is 35.5. The first kappa shape index (κ1) is 21.3. The maximum absolute atomic E-state index is 13.1. The third-order valence-electron chi connectivity index (χ3n) is 5.04. The number of nitrogens with zero attached hydrogens (tertiary/aromatic N) is 1. The molecule has 0 saturated heterocycles. The van der Waals surface area contributed by atoms with Gasteiger partial charge in [0.1, 0.15) is 6.04 Å². The van der Waals surface area contributed by atoms with Gasteiger partial charge in [-0.05, 0) is 44.0 Å². The van der Waals surface area contributed by atoms with Crippen molar-refractivity contribution in [3.63, 3.8) is 0 Å².